The number of anilines is 1. The predicted octanol–water partition coefficient (Wildman–Crippen LogP) is 2.28. The van der Waals surface area contributed by atoms with E-state index in [2.05, 4.69) is 9.97 Å². The van der Waals surface area contributed by atoms with Gasteiger partial charge in [-0.1, -0.05) is 0 Å². The Hall–Kier alpha value is -2.63. The molecule has 1 saturated carbocycles. The molecule has 0 saturated heterocycles. The van der Waals surface area contributed by atoms with Crippen LogP contribution in [0, 0.1) is 6.92 Å². The molecule has 0 aliphatic heterocycles. The Morgan fingerprint density at radius 1 is 1.33 bits per heavy atom. The Kier molecular flexibility index (Phi) is 2.42. The lowest BCUT2D eigenvalue weighted by Gasteiger charge is -2.10. The fourth-order valence-corrected chi connectivity index (χ4v) is 2.51. The van der Waals surface area contributed by atoms with Crippen LogP contribution < -0.4 is 11.3 Å². The molecular weight excluding hydrogens is 268 g/mol. The first-order valence-electron chi connectivity index (χ1n) is 6.88. The number of hydrogen-bond donors (Lipinski definition) is 1. The highest BCUT2D eigenvalue weighted by Crippen LogP contribution is 2.36. The third-order valence-corrected chi connectivity index (χ3v) is 3.70. The summed E-state index contributed by atoms with van der Waals surface area (Å²) >= 11 is 0. The van der Waals surface area contributed by atoms with Gasteiger partial charge in [-0.05, 0) is 38.0 Å². The third-order valence-electron chi connectivity index (χ3n) is 3.70. The van der Waals surface area contributed by atoms with Crippen molar-refractivity contribution in [3.05, 3.63) is 40.5 Å². The molecule has 3 aromatic rings. The van der Waals surface area contributed by atoms with Crippen molar-refractivity contribution in [1.29, 1.82) is 0 Å². The fourth-order valence-electron chi connectivity index (χ4n) is 2.51. The number of nitrogens with two attached hydrogens (primary N) is 1. The molecule has 0 amide bonds. The van der Waals surface area contributed by atoms with E-state index in [1.807, 2.05) is 13.0 Å². The second kappa shape index (κ2) is 4.18. The van der Waals surface area contributed by atoms with Gasteiger partial charge in [0.15, 0.2) is 17.1 Å². The molecule has 2 N–H and O–H groups in total. The smallest absolute Gasteiger partial charge is 0.282 e. The first kappa shape index (κ1) is 12.1. The van der Waals surface area contributed by atoms with Crippen LogP contribution in [-0.4, -0.2) is 14.5 Å². The van der Waals surface area contributed by atoms with E-state index < -0.39 is 0 Å². The first-order chi connectivity index (χ1) is 10.1. The molecule has 0 aromatic carbocycles. The Labute approximate surface area is 120 Å². The molecule has 6 nitrogen and oxygen atoms in total. The molecule has 0 radical (unpaired) electrons. The SMILES string of the molecule is Cc1ccc(-c2nc3c(N)ccnc3n(C3CC3)c2=O)o1. The Bertz CT molecular complexity index is 906. The zero-order chi connectivity index (χ0) is 14.6. The number of rotatable bonds is 2. The molecule has 3 aromatic heterocycles. The molecule has 0 bridgehead atoms. The van der Waals surface area contributed by atoms with Crippen LogP contribution in [0.5, 0.6) is 0 Å². The lowest BCUT2D eigenvalue weighted by atomic mass is 10.3. The minimum absolute atomic E-state index is 0.169. The molecule has 3 heterocycles. The zero-order valence-electron chi connectivity index (χ0n) is 11.5. The van der Waals surface area contributed by atoms with Crippen LogP contribution in [0.3, 0.4) is 0 Å². The minimum atomic E-state index is -0.169. The van der Waals surface area contributed by atoms with Gasteiger partial charge in [0.2, 0.25) is 0 Å². The van der Waals surface area contributed by atoms with E-state index >= 15 is 0 Å². The number of hydrogen-bond acceptors (Lipinski definition) is 5. The Morgan fingerprint density at radius 3 is 2.81 bits per heavy atom. The maximum absolute atomic E-state index is 12.7. The molecule has 106 valence electrons. The molecule has 0 spiro atoms. The maximum atomic E-state index is 12.7. The van der Waals surface area contributed by atoms with Gasteiger partial charge in [-0.3, -0.25) is 9.36 Å². The first-order valence-corrected chi connectivity index (χ1v) is 6.88. The largest absolute Gasteiger partial charge is 0.460 e. The van der Waals surface area contributed by atoms with Crippen LogP contribution in [-0.2, 0) is 0 Å². The summed E-state index contributed by atoms with van der Waals surface area (Å²) in [6.07, 6.45) is 3.56. The van der Waals surface area contributed by atoms with Crippen LogP contribution >= 0.6 is 0 Å². The average molecular weight is 282 g/mol. The van der Waals surface area contributed by atoms with Gasteiger partial charge in [-0.25, -0.2) is 9.97 Å². The van der Waals surface area contributed by atoms with E-state index in [0.29, 0.717) is 28.3 Å². The molecule has 0 unspecified atom stereocenters. The summed E-state index contributed by atoms with van der Waals surface area (Å²) in [5.41, 5.74) is 7.74. The lowest BCUT2D eigenvalue weighted by molar-refractivity contribution is 0.544. The van der Waals surface area contributed by atoms with Crippen molar-refractivity contribution in [1.82, 2.24) is 14.5 Å². The van der Waals surface area contributed by atoms with Gasteiger partial charge >= 0.3 is 0 Å². The topological polar surface area (TPSA) is 86.9 Å². The van der Waals surface area contributed by atoms with Crippen molar-refractivity contribution in [2.75, 3.05) is 5.73 Å². The van der Waals surface area contributed by atoms with E-state index in [9.17, 15) is 4.79 Å². The van der Waals surface area contributed by atoms with Crippen molar-refractivity contribution >= 4 is 16.9 Å². The summed E-state index contributed by atoms with van der Waals surface area (Å²) in [5.74, 6) is 1.21. The zero-order valence-corrected chi connectivity index (χ0v) is 11.5. The van der Waals surface area contributed by atoms with Gasteiger partial charge in [0, 0.05) is 12.2 Å². The molecule has 21 heavy (non-hydrogen) atoms. The van der Waals surface area contributed by atoms with E-state index in [1.165, 1.54) is 0 Å². The number of aryl methyl sites for hydroxylation is 1. The van der Waals surface area contributed by atoms with Crippen molar-refractivity contribution < 1.29 is 4.42 Å². The van der Waals surface area contributed by atoms with Gasteiger partial charge in [-0.2, -0.15) is 0 Å². The van der Waals surface area contributed by atoms with Gasteiger partial charge < -0.3 is 10.2 Å². The van der Waals surface area contributed by atoms with Gasteiger partial charge in [-0.15, -0.1) is 0 Å². The predicted molar refractivity (Wildman–Crippen MR) is 78.9 cm³/mol. The van der Waals surface area contributed by atoms with Crippen molar-refractivity contribution in [3.8, 4) is 11.5 Å². The molecule has 6 heteroatoms. The molecule has 4 rings (SSSR count). The highest BCUT2D eigenvalue weighted by atomic mass is 16.3. The molecule has 1 fully saturated rings. The van der Waals surface area contributed by atoms with Gasteiger partial charge in [0.05, 0.1) is 5.69 Å². The summed E-state index contributed by atoms with van der Waals surface area (Å²) in [4.78, 5) is 21.5. The van der Waals surface area contributed by atoms with E-state index in [1.54, 1.807) is 22.9 Å². The summed E-state index contributed by atoms with van der Waals surface area (Å²) in [7, 11) is 0. The van der Waals surface area contributed by atoms with Crippen LogP contribution in [0.25, 0.3) is 22.6 Å². The normalized spacial score (nSPS) is 14.7. The Balaban J connectivity index is 2.10. The second-order valence-electron chi connectivity index (χ2n) is 5.35. The second-order valence-corrected chi connectivity index (χ2v) is 5.35. The quantitative estimate of drug-likeness (QED) is 0.779. The molecule has 0 atom stereocenters. The van der Waals surface area contributed by atoms with Crippen LogP contribution in [0.2, 0.25) is 0 Å². The minimum Gasteiger partial charge on any atom is -0.460 e. The number of fused-ring (bicyclic) bond motifs is 1. The molecule has 1 aliphatic carbocycles. The summed E-state index contributed by atoms with van der Waals surface area (Å²) < 4.78 is 7.26. The lowest BCUT2D eigenvalue weighted by Crippen LogP contribution is -2.23. The highest BCUT2D eigenvalue weighted by molar-refractivity contribution is 5.85. The molecular formula is C15H14N4O2. The number of furan rings is 1. The van der Waals surface area contributed by atoms with E-state index in [-0.39, 0.29) is 11.6 Å². The summed E-state index contributed by atoms with van der Waals surface area (Å²) in [5, 5.41) is 0. The summed E-state index contributed by atoms with van der Waals surface area (Å²) in [6.45, 7) is 1.83. The summed E-state index contributed by atoms with van der Waals surface area (Å²) in [6, 6.07) is 5.45. The van der Waals surface area contributed by atoms with Crippen LogP contribution in [0.4, 0.5) is 5.69 Å². The fraction of sp³-hybridized carbons (Fsp3) is 0.267. The number of pyridine rings is 1. The standard InChI is InChI=1S/C15H14N4O2/c1-8-2-5-11(21-8)13-15(20)19(9-3-4-9)14-12(18-13)10(16)6-7-17-14/h2,5-7,9H,3-4H2,1H3,(H2,16,17). The Morgan fingerprint density at radius 2 is 2.14 bits per heavy atom. The maximum Gasteiger partial charge on any atom is 0.282 e. The number of aromatic nitrogens is 3. The number of nitrogen functional groups attached to an aromatic ring is 1. The molecule has 1 aliphatic rings. The van der Waals surface area contributed by atoms with Gasteiger partial charge in [0.1, 0.15) is 11.3 Å². The third kappa shape index (κ3) is 1.83. The van der Waals surface area contributed by atoms with E-state index in [4.69, 9.17) is 10.2 Å². The van der Waals surface area contributed by atoms with Crippen LogP contribution in [0.1, 0.15) is 24.6 Å². The van der Waals surface area contributed by atoms with Crippen LogP contribution in [0.15, 0.2) is 33.6 Å². The number of nitrogens with zero attached hydrogens (tertiary/aromatic N) is 3. The highest BCUT2D eigenvalue weighted by Gasteiger charge is 2.29. The van der Waals surface area contributed by atoms with Crippen molar-refractivity contribution in [2.45, 2.75) is 25.8 Å². The van der Waals surface area contributed by atoms with E-state index in [0.717, 1.165) is 18.6 Å². The van der Waals surface area contributed by atoms with Crippen molar-refractivity contribution in [3.63, 3.8) is 0 Å². The average Bonchev–Trinajstić information content (AvgIpc) is 3.20. The van der Waals surface area contributed by atoms with Gasteiger partial charge in [0.25, 0.3) is 5.56 Å². The van der Waals surface area contributed by atoms with Crippen molar-refractivity contribution in [2.24, 2.45) is 0 Å². The monoisotopic (exact) mass is 282 g/mol.